The normalized spacial score (nSPS) is 11.4. The summed E-state index contributed by atoms with van der Waals surface area (Å²) in [7, 11) is 4.00. The van der Waals surface area contributed by atoms with Gasteiger partial charge in [0.1, 0.15) is 14.1 Å². The van der Waals surface area contributed by atoms with Gasteiger partial charge in [-0.25, -0.2) is 19.1 Å². The first kappa shape index (κ1) is 32.4. The van der Waals surface area contributed by atoms with Gasteiger partial charge in [0, 0.05) is 34.3 Å². The molecule has 0 atom stereocenters. The lowest BCUT2D eigenvalue weighted by atomic mass is 10.0. The molecule has 5 aromatic heterocycles. The Morgan fingerprint density at radius 2 is 0.852 bits per heavy atom. The molecule has 2 aliphatic rings. The van der Waals surface area contributed by atoms with E-state index in [1.807, 2.05) is 96.6 Å². The number of benzene rings is 2. The third-order valence-corrected chi connectivity index (χ3v) is 9.42. The molecular formula is C48H34N6+2. The second kappa shape index (κ2) is 13.9. The van der Waals surface area contributed by atoms with E-state index in [0.29, 0.717) is 0 Å². The van der Waals surface area contributed by atoms with Crippen LogP contribution in [0.25, 0.3) is 68.6 Å². The molecule has 8 bridgehead atoms. The Hall–Kier alpha value is -7.54. The smallest absolute Gasteiger partial charge is 0.184 e. The van der Waals surface area contributed by atoms with E-state index in [9.17, 15) is 0 Å². The molecule has 0 spiro atoms. The maximum Gasteiger partial charge on any atom is 0.184 e. The highest BCUT2D eigenvalue weighted by Crippen LogP contribution is 2.34. The molecule has 0 saturated heterocycles. The molecule has 0 saturated carbocycles. The molecule has 9 rings (SSSR count). The summed E-state index contributed by atoms with van der Waals surface area (Å²) >= 11 is 0. The van der Waals surface area contributed by atoms with Crippen molar-refractivity contribution in [2.45, 2.75) is 0 Å². The summed E-state index contributed by atoms with van der Waals surface area (Å²) in [5.74, 6) is 13.8. The Kier molecular flexibility index (Phi) is 8.32. The van der Waals surface area contributed by atoms with Crippen molar-refractivity contribution in [2.24, 2.45) is 14.1 Å². The molecule has 0 fully saturated rings. The third kappa shape index (κ3) is 6.41. The predicted molar refractivity (Wildman–Crippen MR) is 217 cm³/mol. The summed E-state index contributed by atoms with van der Waals surface area (Å²) in [5, 5.41) is 0. The van der Waals surface area contributed by atoms with E-state index in [-0.39, 0.29) is 0 Å². The zero-order valence-electron chi connectivity index (χ0n) is 29.8. The van der Waals surface area contributed by atoms with E-state index >= 15 is 0 Å². The molecule has 2 N–H and O–H groups in total. The van der Waals surface area contributed by atoms with E-state index in [2.05, 4.69) is 119 Å². The van der Waals surface area contributed by atoms with Crippen LogP contribution >= 0.6 is 0 Å². The number of rotatable bonds is 2. The molecule has 0 aliphatic carbocycles. The number of nitrogens with zero attached hydrogens (tertiary/aromatic N) is 4. The minimum Gasteiger partial charge on any atom is -0.354 e. The van der Waals surface area contributed by atoms with Crippen LogP contribution in [0.5, 0.6) is 0 Å². The van der Waals surface area contributed by atoms with Crippen molar-refractivity contribution in [1.29, 1.82) is 0 Å². The van der Waals surface area contributed by atoms with Crippen LogP contribution in [0, 0.1) is 23.7 Å². The minimum absolute atomic E-state index is 0.755. The van der Waals surface area contributed by atoms with Gasteiger partial charge in [0.15, 0.2) is 24.8 Å². The molecular weight excluding hydrogens is 661 g/mol. The Labute approximate surface area is 313 Å². The van der Waals surface area contributed by atoms with Crippen molar-refractivity contribution in [2.75, 3.05) is 0 Å². The summed E-state index contributed by atoms with van der Waals surface area (Å²) in [4.78, 5) is 18.0. The Balaban J connectivity index is 1.41. The van der Waals surface area contributed by atoms with Crippen LogP contribution in [-0.2, 0) is 14.1 Å². The van der Waals surface area contributed by atoms with Gasteiger partial charge in [-0.3, -0.25) is 0 Å². The van der Waals surface area contributed by atoms with Gasteiger partial charge in [0.25, 0.3) is 0 Å². The SMILES string of the molecule is C[n+]1cccc(C#Cc2c3nc(c(-c4ccccc4)c4ccc([nH]4)c(C#Cc4ccc[n+](C)c4)c4ccc([nH]4)c(-c4ccccc4)c4nc2C=C4)C=C3)c1. The van der Waals surface area contributed by atoms with Gasteiger partial charge in [-0.1, -0.05) is 84.3 Å². The summed E-state index contributed by atoms with van der Waals surface area (Å²) in [6.07, 6.45) is 16.3. The van der Waals surface area contributed by atoms with E-state index in [1.54, 1.807) is 0 Å². The van der Waals surface area contributed by atoms with Crippen LogP contribution < -0.4 is 9.13 Å². The zero-order chi connectivity index (χ0) is 36.4. The summed E-state index contributed by atoms with van der Waals surface area (Å²) < 4.78 is 4.01. The van der Waals surface area contributed by atoms with Gasteiger partial charge in [0.05, 0.1) is 56.1 Å². The number of fused-ring (bicyclic) bond motifs is 8. The van der Waals surface area contributed by atoms with Crippen molar-refractivity contribution in [3.05, 3.63) is 179 Å². The molecule has 0 unspecified atom stereocenters. The van der Waals surface area contributed by atoms with Crippen molar-refractivity contribution < 1.29 is 9.13 Å². The van der Waals surface area contributed by atoms with E-state index in [1.165, 1.54) is 0 Å². The summed E-state index contributed by atoms with van der Waals surface area (Å²) in [6.45, 7) is 0. The first-order valence-corrected chi connectivity index (χ1v) is 17.8. The van der Waals surface area contributed by atoms with Gasteiger partial charge in [-0.2, -0.15) is 0 Å². The molecule has 7 aromatic rings. The largest absolute Gasteiger partial charge is 0.354 e. The molecule has 54 heavy (non-hydrogen) atoms. The first-order chi connectivity index (χ1) is 26.6. The summed E-state index contributed by atoms with van der Waals surface area (Å²) in [6, 6.07) is 37.2. The number of aromatic amines is 2. The lowest BCUT2D eigenvalue weighted by Gasteiger charge is -2.04. The van der Waals surface area contributed by atoms with Gasteiger partial charge >= 0.3 is 0 Å². The number of H-pyrrole nitrogens is 2. The fraction of sp³-hybridized carbons (Fsp3) is 0.0417. The standard InChI is InChI=1S/C48H34N6/c1-53-29-9-11-33(31-53)17-19-37-39-21-25-43(49-39)47(35-13-5-3-6-14-35)45-27-23-41(51-45)38(20-18-34-12-10-30-54(2)32-34)42-24-28-46(52-42)48(36-15-7-4-8-16-36)44-26-22-40(37)50-44/h3-16,21-32,49-50H,1-2H3/q+2. The van der Waals surface area contributed by atoms with Gasteiger partial charge in [-0.15, -0.1) is 0 Å². The molecule has 254 valence electrons. The molecule has 7 heterocycles. The molecule has 2 aromatic carbocycles. The number of hydrogen-bond acceptors (Lipinski definition) is 2. The lowest BCUT2D eigenvalue weighted by Crippen LogP contribution is -2.26. The van der Waals surface area contributed by atoms with Crippen LogP contribution in [0.4, 0.5) is 0 Å². The van der Waals surface area contributed by atoms with Crippen molar-refractivity contribution >= 4 is 46.4 Å². The highest BCUT2D eigenvalue weighted by molar-refractivity contribution is 5.95. The topological polar surface area (TPSA) is 65.1 Å². The fourth-order valence-corrected chi connectivity index (χ4v) is 6.88. The van der Waals surface area contributed by atoms with Crippen molar-refractivity contribution in [3.63, 3.8) is 0 Å². The number of aryl methyl sites for hydroxylation is 2. The Morgan fingerprint density at radius 1 is 0.426 bits per heavy atom. The lowest BCUT2D eigenvalue weighted by molar-refractivity contribution is -0.671. The Morgan fingerprint density at radius 3 is 1.31 bits per heavy atom. The molecule has 0 radical (unpaired) electrons. The third-order valence-electron chi connectivity index (χ3n) is 9.42. The molecule has 6 heteroatoms. The first-order valence-electron chi connectivity index (χ1n) is 17.8. The molecule has 6 nitrogen and oxygen atoms in total. The number of pyridine rings is 2. The van der Waals surface area contributed by atoms with Gasteiger partial charge in [0.2, 0.25) is 0 Å². The van der Waals surface area contributed by atoms with E-state index in [4.69, 9.17) is 9.97 Å². The zero-order valence-corrected chi connectivity index (χ0v) is 29.8. The fourth-order valence-electron chi connectivity index (χ4n) is 6.88. The quantitative estimate of drug-likeness (QED) is 0.141. The number of hydrogen-bond donors (Lipinski definition) is 2. The Bertz CT molecular complexity index is 2820. The van der Waals surface area contributed by atoms with Crippen LogP contribution in [0.1, 0.15) is 45.0 Å². The second-order valence-electron chi connectivity index (χ2n) is 13.3. The van der Waals surface area contributed by atoms with Crippen LogP contribution in [-0.4, -0.2) is 19.9 Å². The maximum absolute atomic E-state index is 5.28. The average molecular weight is 695 g/mol. The average Bonchev–Trinajstić information content (AvgIpc) is 4.03. The second-order valence-corrected chi connectivity index (χ2v) is 13.3. The monoisotopic (exact) mass is 694 g/mol. The highest BCUT2D eigenvalue weighted by atomic mass is 14.9. The molecule has 0 amide bonds. The molecule has 2 aliphatic heterocycles. The number of nitrogens with one attached hydrogen (secondary N) is 2. The number of aromatic nitrogens is 6. The highest BCUT2D eigenvalue weighted by Gasteiger charge is 2.17. The summed E-state index contributed by atoms with van der Waals surface area (Å²) in [5.41, 5.74) is 14.3. The van der Waals surface area contributed by atoms with Crippen LogP contribution in [0.3, 0.4) is 0 Å². The van der Waals surface area contributed by atoms with Crippen molar-refractivity contribution in [1.82, 2.24) is 19.9 Å². The predicted octanol–water partition coefficient (Wildman–Crippen LogP) is 8.44. The van der Waals surface area contributed by atoms with E-state index < -0.39 is 0 Å². The van der Waals surface area contributed by atoms with E-state index in [0.717, 1.165) is 89.4 Å². The minimum atomic E-state index is 0.755. The van der Waals surface area contributed by atoms with Gasteiger partial charge < -0.3 is 9.97 Å². The maximum atomic E-state index is 5.28. The van der Waals surface area contributed by atoms with Crippen LogP contribution in [0.15, 0.2) is 134 Å². The van der Waals surface area contributed by atoms with Crippen LogP contribution in [0.2, 0.25) is 0 Å². The van der Waals surface area contributed by atoms with Crippen molar-refractivity contribution in [3.8, 4) is 45.9 Å². The van der Waals surface area contributed by atoms with Gasteiger partial charge in [-0.05, 0) is 71.8 Å².